The molecule has 3 N–H and O–H groups in total. The number of rotatable bonds is 8. The lowest BCUT2D eigenvalue weighted by Crippen LogP contribution is -2.52. The maximum atomic E-state index is 13.3. The molecule has 4 heterocycles. The van der Waals surface area contributed by atoms with E-state index in [9.17, 15) is 13.2 Å². The number of piperidine rings is 2. The highest BCUT2D eigenvalue weighted by Crippen LogP contribution is 2.37. The summed E-state index contributed by atoms with van der Waals surface area (Å²) in [4.78, 5) is 23.0. The van der Waals surface area contributed by atoms with Crippen molar-refractivity contribution in [2.75, 3.05) is 71.7 Å². The summed E-state index contributed by atoms with van der Waals surface area (Å²) >= 11 is 0. The van der Waals surface area contributed by atoms with Crippen LogP contribution in [0.5, 0.6) is 0 Å². The molecule has 42 heavy (non-hydrogen) atoms. The Labute approximate surface area is 249 Å². The van der Waals surface area contributed by atoms with Gasteiger partial charge in [0.15, 0.2) is 0 Å². The van der Waals surface area contributed by atoms with Gasteiger partial charge in [-0.2, -0.15) is 0 Å². The number of hydrogen-bond acceptors (Lipinski definition) is 6. The SMILES string of the molecule is CN1CCN(C2CCN(CCS(=O)(=O)N3CCC(c4c[nH]c5c(C(N)=O)cc(-c6ccccc6)cc45)CC3)CC2)CC1. The van der Waals surface area contributed by atoms with E-state index in [1.807, 2.05) is 42.6 Å². The zero-order chi connectivity index (χ0) is 29.3. The normalized spacial score (nSPS) is 21.3. The van der Waals surface area contributed by atoms with Crippen LogP contribution in [0.4, 0.5) is 0 Å². The Morgan fingerprint density at radius 1 is 0.905 bits per heavy atom. The van der Waals surface area contributed by atoms with Crippen LogP contribution in [0.1, 0.15) is 47.5 Å². The van der Waals surface area contributed by atoms with Crippen molar-refractivity contribution in [1.82, 2.24) is 24.0 Å². The highest BCUT2D eigenvalue weighted by molar-refractivity contribution is 7.89. The number of aromatic amines is 1. The van der Waals surface area contributed by atoms with E-state index >= 15 is 0 Å². The van der Waals surface area contributed by atoms with Crippen LogP contribution in [-0.4, -0.2) is 116 Å². The van der Waals surface area contributed by atoms with Gasteiger partial charge in [-0.05, 0) is 80.6 Å². The average Bonchev–Trinajstić information content (AvgIpc) is 3.45. The molecule has 9 nitrogen and oxygen atoms in total. The van der Waals surface area contributed by atoms with E-state index < -0.39 is 15.9 Å². The lowest BCUT2D eigenvalue weighted by molar-refractivity contribution is 0.0693. The van der Waals surface area contributed by atoms with Crippen molar-refractivity contribution in [2.45, 2.75) is 37.6 Å². The Kier molecular flexibility index (Phi) is 8.70. The van der Waals surface area contributed by atoms with E-state index in [1.54, 1.807) is 4.31 Å². The van der Waals surface area contributed by atoms with E-state index in [1.165, 1.54) is 0 Å². The van der Waals surface area contributed by atoms with Crippen LogP contribution >= 0.6 is 0 Å². The first kappa shape index (κ1) is 29.3. The summed E-state index contributed by atoms with van der Waals surface area (Å²) in [6, 6.07) is 14.6. The number of primary amides is 1. The molecular formula is C32H44N6O3S. The Hall–Kier alpha value is -2.76. The minimum atomic E-state index is -3.31. The molecule has 3 aromatic rings. The van der Waals surface area contributed by atoms with Crippen LogP contribution in [0.3, 0.4) is 0 Å². The summed E-state index contributed by atoms with van der Waals surface area (Å²) in [5.74, 6) is -0.0620. The lowest BCUT2D eigenvalue weighted by atomic mass is 9.88. The molecule has 0 radical (unpaired) electrons. The predicted molar refractivity (Wildman–Crippen MR) is 168 cm³/mol. The highest BCUT2D eigenvalue weighted by Gasteiger charge is 2.32. The number of nitrogens with zero attached hydrogens (tertiary/aromatic N) is 4. The number of benzene rings is 2. The molecule has 3 aliphatic rings. The number of nitrogens with one attached hydrogen (secondary N) is 1. The molecule has 3 saturated heterocycles. The third kappa shape index (κ3) is 6.28. The monoisotopic (exact) mass is 592 g/mol. The smallest absolute Gasteiger partial charge is 0.250 e. The number of carbonyl (C=O) groups is 1. The molecule has 0 bridgehead atoms. The number of nitrogens with two attached hydrogens (primary N) is 1. The fraction of sp³-hybridized carbons (Fsp3) is 0.531. The van der Waals surface area contributed by atoms with Gasteiger partial charge in [0.2, 0.25) is 10.0 Å². The fourth-order valence-corrected chi connectivity index (χ4v) is 8.61. The van der Waals surface area contributed by atoms with Crippen LogP contribution in [0.25, 0.3) is 22.0 Å². The predicted octanol–water partition coefficient (Wildman–Crippen LogP) is 3.15. The van der Waals surface area contributed by atoms with Crippen molar-refractivity contribution in [3.63, 3.8) is 0 Å². The summed E-state index contributed by atoms with van der Waals surface area (Å²) in [5, 5.41) is 0.992. The average molecular weight is 593 g/mol. The number of carbonyl (C=O) groups excluding carboxylic acids is 1. The first-order valence-electron chi connectivity index (χ1n) is 15.4. The van der Waals surface area contributed by atoms with E-state index in [4.69, 9.17) is 5.73 Å². The first-order chi connectivity index (χ1) is 20.3. The zero-order valence-corrected chi connectivity index (χ0v) is 25.5. The van der Waals surface area contributed by atoms with Crippen LogP contribution < -0.4 is 5.73 Å². The summed E-state index contributed by atoms with van der Waals surface area (Å²) < 4.78 is 28.3. The number of sulfonamides is 1. The van der Waals surface area contributed by atoms with Crippen molar-refractivity contribution < 1.29 is 13.2 Å². The molecule has 0 unspecified atom stereocenters. The maximum absolute atomic E-state index is 13.3. The van der Waals surface area contributed by atoms with Gasteiger partial charge in [-0.25, -0.2) is 12.7 Å². The number of aromatic nitrogens is 1. The molecule has 3 aliphatic heterocycles. The molecule has 2 aromatic carbocycles. The molecule has 1 aromatic heterocycles. The number of hydrogen-bond donors (Lipinski definition) is 2. The molecule has 3 fully saturated rings. The Morgan fingerprint density at radius 2 is 1.60 bits per heavy atom. The lowest BCUT2D eigenvalue weighted by Gasteiger charge is -2.42. The molecule has 6 rings (SSSR count). The summed E-state index contributed by atoms with van der Waals surface area (Å²) in [7, 11) is -1.12. The second-order valence-electron chi connectivity index (χ2n) is 12.3. The second-order valence-corrected chi connectivity index (χ2v) is 14.4. The Balaban J connectivity index is 1.06. The van der Waals surface area contributed by atoms with E-state index in [0.29, 0.717) is 31.2 Å². The maximum Gasteiger partial charge on any atom is 0.250 e. The minimum absolute atomic E-state index is 0.187. The third-order valence-electron chi connectivity index (χ3n) is 9.76. The van der Waals surface area contributed by atoms with Crippen LogP contribution in [-0.2, 0) is 10.0 Å². The van der Waals surface area contributed by atoms with Crippen molar-refractivity contribution in [3.8, 4) is 11.1 Å². The van der Waals surface area contributed by atoms with Gasteiger partial charge in [-0.1, -0.05) is 30.3 Å². The van der Waals surface area contributed by atoms with Gasteiger partial charge in [0.05, 0.1) is 16.8 Å². The first-order valence-corrected chi connectivity index (χ1v) is 17.0. The minimum Gasteiger partial charge on any atom is -0.366 e. The number of amides is 1. The molecule has 0 aliphatic carbocycles. The number of piperazine rings is 1. The van der Waals surface area contributed by atoms with Gasteiger partial charge < -0.3 is 20.5 Å². The topological polar surface area (TPSA) is 106 Å². The molecular weight excluding hydrogens is 548 g/mol. The quantitative estimate of drug-likeness (QED) is 0.416. The molecule has 10 heteroatoms. The van der Waals surface area contributed by atoms with E-state index in [-0.39, 0.29) is 11.7 Å². The molecule has 0 spiro atoms. The summed E-state index contributed by atoms with van der Waals surface area (Å²) in [6.07, 6.45) is 5.74. The van der Waals surface area contributed by atoms with Crippen LogP contribution in [0.2, 0.25) is 0 Å². The third-order valence-corrected chi connectivity index (χ3v) is 11.6. The molecule has 0 atom stereocenters. The van der Waals surface area contributed by atoms with Gasteiger partial charge >= 0.3 is 0 Å². The molecule has 0 saturated carbocycles. The number of H-pyrrole nitrogens is 1. The molecule has 226 valence electrons. The van der Waals surface area contributed by atoms with E-state index in [0.717, 1.165) is 92.5 Å². The molecule has 1 amide bonds. The van der Waals surface area contributed by atoms with Crippen LogP contribution in [0, 0.1) is 0 Å². The van der Waals surface area contributed by atoms with Crippen molar-refractivity contribution in [1.29, 1.82) is 0 Å². The number of likely N-dealkylation sites (N-methyl/N-ethyl adjacent to an activating group) is 1. The number of fused-ring (bicyclic) bond motifs is 1. The highest BCUT2D eigenvalue weighted by atomic mass is 32.2. The second kappa shape index (κ2) is 12.5. The fourth-order valence-electron chi connectivity index (χ4n) is 7.10. The summed E-state index contributed by atoms with van der Waals surface area (Å²) in [6.45, 7) is 8.17. The number of likely N-dealkylation sites (tertiary alicyclic amines) is 1. The van der Waals surface area contributed by atoms with Gasteiger partial charge in [0, 0.05) is 63.4 Å². The van der Waals surface area contributed by atoms with E-state index in [2.05, 4.69) is 32.8 Å². The Bertz CT molecular complexity index is 1480. The summed E-state index contributed by atoms with van der Waals surface area (Å²) in [5.41, 5.74) is 10.1. The van der Waals surface area contributed by atoms with Crippen molar-refractivity contribution >= 4 is 26.8 Å². The van der Waals surface area contributed by atoms with Crippen LogP contribution in [0.15, 0.2) is 48.7 Å². The standard InChI is InChI=1S/C32H44N6O3S/c1-35-15-17-37(18-16-35)27-9-11-36(12-10-27)19-20-42(40,41)38-13-7-25(8-14-38)30-23-34-31-28(30)21-26(22-29(31)32(33)39)24-5-3-2-4-6-24/h2-6,21-23,25,27,34H,7-20H2,1H3,(H2,33,39). The zero-order valence-electron chi connectivity index (χ0n) is 24.7. The van der Waals surface area contributed by atoms with Gasteiger partial charge in [0.25, 0.3) is 5.91 Å². The van der Waals surface area contributed by atoms with Gasteiger partial charge in [0.1, 0.15) is 0 Å². The van der Waals surface area contributed by atoms with Gasteiger partial charge in [-0.15, -0.1) is 0 Å². The van der Waals surface area contributed by atoms with Gasteiger partial charge in [-0.3, -0.25) is 9.69 Å². The Morgan fingerprint density at radius 3 is 2.26 bits per heavy atom. The van der Waals surface area contributed by atoms with Crippen molar-refractivity contribution in [3.05, 3.63) is 59.8 Å². The van der Waals surface area contributed by atoms with Crippen molar-refractivity contribution in [2.24, 2.45) is 5.73 Å². The largest absolute Gasteiger partial charge is 0.366 e.